The van der Waals surface area contributed by atoms with Crippen molar-refractivity contribution in [1.29, 1.82) is 0 Å². The predicted octanol–water partition coefficient (Wildman–Crippen LogP) is 2.72. The summed E-state index contributed by atoms with van der Waals surface area (Å²) in [5, 5.41) is 5.65. The predicted molar refractivity (Wildman–Crippen MR) is 92.0 cm³/mol. The van der Waals surface area contributed by atoms with Gasteiger partial charge in [-0.15, -0.1) is 11.3 Å². The summed E-state index contributed by atoms with van der Waals surface area (Å²) in [6.45, 7) is 3.63. The third-order valence-corrected chi connectivity index (χ3v) is 3.80. The van der Waals surface area contributed by atoms with E-state index in [1.54, 1.807) is 35.6 Å². The second-order valence-corrected chi connectivity index (χ2v) is 5.98. The summed E-state index contributed by atoms with van der Waals surface area (Å²) in [6.07, 6.45) is 3.08. The summed E-state index contributed by atoms with van der Waals surface area (Å²) in [6, 6.07) is 5.04. The van der Waals surface area contributed by atoms with Crippen molar-refractivity contribution in [3.63, 3.8) is 0 Å². The SMILES string of the molecule is COc1cc(/C=C/C(=O)NCc2csc(C)n2)ccc1OC(C)=O. The van der Waals surface area contributed by atoms with Crippen LogP contribution in [0.5, 0.6) is 11.5 Å². The summed E-state index contributed by atoms with van der Waals surface area (Å²) in [7, 11) is 1.48. The summed E-state index contributed by atoms with van der Waals surface area (Å²) < 4.78 is 10.2. The number of aromatic nitrogens is 1. The van der Waals surface area contributed by atoms with Crippen LogP contribution in [-0.2, 0) is 16.1 Å². The third kappa shape index (κ3) is 5.20. The molecule has 0 aliphatic rings. The van der Waals surface area contributed by atoms with Crippen molar-refractivity contribution in [2.24, 2.45) is 0 Å². The molecule has 6 nitrogen and oxygen atoms in total. The average Bonchev–Trinajstić information content (AvgIpc) is 2.97. The fraction of sp³-hybridized carbons (Fsp3) is 0.235. The van der Waals surface area contributed by atoms with Gasteiger partial charge in [-0.3, -0.25) is 9.59 Å². The maximum atomic E-state index is 11.8. The van der Waals surface area contributed by atoms with E-state index in [1.807, 2.05) is 12.3 Å². The monoisotopic (exact) mass is 346 g/mol. The van der Waals surface area contributed by atoms with E-state index < -0.39 is 5.97 Å². The minimum atomic E-state index is -0.423. The molecular weight excluding hydrogens is 328 g/mol. The molecular formula is C17H18N2O4S. The number of hydrogen-bond donors (Lipinski definition) is 1. The van der Waals surface area contributed by atoms with Gasteiger partial charge in [0.25, 0.3) is 0 Å². The van der Waals surface area contributed by atoms with Gasteiger partial charge >= 0.3 is 5.97 Å². The molecule has 1 amide bonds. The lowest BCUT2D eigenvalue weighted by Gasteiger charge is -2.08. The molecule has 0 saturated carbocycles. The largest absolute Gasteiger partial charge is 0.493 e. The van der Waals surface area contributed by atoms with Crippen LogP contribution in [-0.4, -0.2) is 24.0 Å². The zero-order chi connectivity index (χ0) is 17.5. The first-order chi connectivity index (χ1) is 11.5. The first-order valence-corrected chi connectivity index (χ1v) is 8.09. The van der Waals surface area contributed by atoms with Gasteiger partial charge in [0.15, 0.2) is 11.5 Å². The van der Waals surface area contributed by atoms with Crippen molar-refractivity contribution < 1.29 is 19.1 Å². The van der Waals surface area contributed by atoms with Crippen molar-refractivity contribution >= 4 is 29.3 Å². The molecule has 24 heavy (non-hydrogen) atoms. The Morgan fingerprint density at radius 2 is 2.12 bits per heavy atom. The molecule has 2 aromatic rings. The number of thiazole rings is 1. The normalized spacial score (nSPS) is 10.6. The van der Waals surface area contributed by atoms with Crippen LogP contribution in [0.25, 0.3) is 6.08 Å². The lowest BCUT2D eigenvalue weighted by molar-refractivity contribution is -0.132. The molecule has 1 heterocycles. The number of hydrogen-bond acceptors (Lipinski definition) is 6. The van der Waals surface area contributed by atoms with Crippen LogP contribution in [0, 0.1) is 6.92 Å². The Labute approximate surface area is 144 Å². The second kappa shape index (κ2) is 8.26. The van der Waals surface area contributed by atoms with Crippen LogP contribution in [0.3, 0.4) is 0 Å². The highest BCUT2D eigenvalue weighted by Gasteiger charge is 2.07. The topological polar surface area (TPSA) is 77.5 Å². The molecule has 0 aliphatic carbocycles. The Balaban J connectivity index is 1.97. The summed E-state index contributed by atoms with van der Waals surface area (Å²) >= 11 is 1.55. The van der Waals surface area contributed by atoms with Gasteiger partial charge in [0.05, 0.1) is 24.4 Å². The molecule has 0 unspecified atom stereocenters. The number of rotatable bonds is 6. The van der Waals surface area contributed by atoms with Crippen LogP contribution in [0.4, 0.5) is 0 Å². The van der Waals surface area contributed by atoms with Gasteiger partial charge < -0.3 is 14.8 Å². The van der Waals surface area contributed by atoms with E-state index in [2.05, 4.69) is 10.3 Å². The zero-order valence-corrected chi connectivity index (χ0v) is 14.5. The summed E-state index contributed by atoms with van der Waals surface area (Å²) in [5.41, 5.74) is 1.59. The quantitative estimate of drug-likeness (QED) is 0.494. The van der Waals surface area contributed by atoms with E-state index in [1.165, 1.54) is 20.1 Å². The first-order valence-electron chi connectivity index (χ1n) is 7.21. The average molecular weight is 346 g/mol. The maximum absolute atomic E-state index is 11.8. The number of ether oxygens (including phenoxy) is 2. The fourth-order valence-electron chi connectivity index (χ4n) is 1.92. The maximum Gasteiger partial charge on any atom is 0.308 e. The molecule has 2 rings (SSSR count). The zero-order valence-electron chi connectivity index (χ0n) is 13.7. The minimum Gasteiger partial charge on any atom is -0.493 e. The first kappa shape index (κ1) is 17.7. The van der Waals surface area contributed by atoms with Crippen LogP contribution in [0.15, 0.2) is 29.7 Å². The molecule has 0 aliphatic heterocycles. The van der Waals surface area contributed by atoms with Crippen molar-refractivity contribution in [2.45, 2.75) is 20.4 Å². The number of nitrogens with one attached hydrogen (secondary N) is 1. The van der Waals surface area contributed by atoms with Crippen molar-refractivity contribution in [3.05, 3.63) is 45.9 Å². The van der Waals surface area contributed by atoms with Crippen LogP contribution < -0.4 is 14.8 Å². The van der Waals surface area contributed by atoms with E-state index in [4.69, 9.17) is 9.47 Å². The Morgan fingerprint density at radius 3 is 2.75 bits per heavy atom. The van der Waals surface area contributed by atoms with Gasteiger partial charge in [-0.2, -0.15) is 0 Å². The third-order valence-electron chi connectivity index (χ3n) is 2.98. The second-order valence-electron chi connectivity index (χ2n) is 4.91. The van der Waals surface area contributed by atoms with Crippen molar-refractivity contribution in [1.82, 2.24) is 10.3 Å². The van der Waals surface area contributed by atoms with Crippen LogP contribution in [0.1, 0.15) is 23.2 Å². The fourth-order valence-corrected chi connectivity index (χ4v) is 2.54. The van der Waals surface area contributed by atoms with Crippen molar-refractivity contribution in [3.8, 4) is 11.5 Å². The van der Waals surface area contributed by atoms with Gasteiger partial charge in [-0.1, -0.05) is 6.07 Å². The molecule has 0 fully saturated rings. The molecule has 1 N–H and O–H groups in total. The summed E-state index contributed by atoms with van der Waals surface area (Å²) in [5.74, 6) is 0.119. The number of carbonyl (C=O) groups is 2. The molecule has 0 bridgehead atoms. The molecule has 1 aromatic carbocycles. The number of aryl methyl sites for hydroxylation is 1. The lowest BCUT2D eigenvalue weighted by Crippen LogP contribution is -2.20. The molecule has 0 radical (unpaired) electrons. The number of methoxy groups -OCH3 is 1. The van der Waals surface area contributed by atoms with Gasteiger partial charge in [0, 0.05) is 18.4 Å². The molecule has 0 spiro atoms. The highest BCUT2D eigenvalue weighted by Crippen LogP contribution is 2.28. The Hall–Kier alpha value is -2.67. The lowest BCUT2D eigenvalue weighted by atomic mass is 10.2. The molecule has 0 saturated heterocycles. The molecule has 0 atom stereocenters. The Kier molecular flexibility index (Phi) is 6.08. The number of benzene rings is 1. The van der Waals surface area contributed by atoms with E-state index in [0.29, 0.717) is 18.0 Å². The molecule has 126 valence electrons. The highest BCUT2D eigenvalue weighted by molar-refractivity contribution is 7.09. The minimum absolute atomic E-state index is 0.219. The smallest absolute Gasteiger partial charge is 0.308 e. The van der Waals surface area contributed by atoms with Gasteiger partial charge in [0.2, 0.25) is 5.91 Å². The number of nitrogens with zero attached hydrogens (tertiary/aromatic N) is 1. The Morgan fingerprint density at radius 1 is 1.33 bits per heavy atom. The van der Waals surface area contributed by atoms with Gasteiger partial charge in [-0.25, -0.2) is 4.98 Å². The Bertz CT molecular complexity index is 768. The van der Waals surface area contributed by atoms with Gasteiger partial charge in [0.1, 0.15) is 0 Å². The molecule has 1 aromatic heterocycles. The van der Waals surface area contributed by atoms with E-state index in [0.717, 1.165) is 16.3 Å². The number of carbonyl (C=O) groups excluding carboxylic acids is 2. The van der Waals surface area contributed by atoms with Crippen molar-refractivity contribution in [2.75, 3.05) is 7.11 Å². The number of esters is 1. The number of amides is 1. The van der Waals surface area contributed by atoms with Crippen LogP contribution >= 0.6 is 11.3 Å². The molecule has 7 heteroatoms. The van der Waals surface area contributed by atoms with Crippen LogP contribution in [0.2, 0.25) is 0 Å². The summed E-state index contributed by atoms with van der Waals surface area (Å²) in [4.78, 5) is 27.1. The van der Waals surface area contributed by atoms with E-state index in [9.17, 15) is 9.59 Å². The standard InChI is InChI=1S/C17H18N2O4S/c1-11-19-14(10-24-11)9-18-17(21)7-5-13-4-6-15(23-12(2)20)16(8-13)22-3/h4-8,10H,9H2,1-3H3,(H,18,21)/b7-5+. The van der Waals surface area contributed by atoms with E-state index >= 15 is 0 Å². The van der Waals surface area contributed by atoms with E-state index in [-0.39, 0.29) is 5.91 Å². The van der Waals surface area contributed by atoms with Gasteiger partial charge in [-0.05, 0) is 30.7 Å². The highest BCUT2D eigenvalue weighted by atomic mass is 32.1.